The van der Waals surface area contributed by atoms with Crippen molar-refractivity contribution in [1.82, 2.24) is 0 Å². The summed E-state index contributed by atoms with van der Waals surface area (Å²) in [6.07, 6.45) is 6.02. The van der Waals surface area contributed by atoms with Gasteiger partial charge in [-0.1, -0.05) is 65.6 Å². The maximum absolute atomic E-state index is 13.9. The highest BCUT2D eigenvalue weighted by molar-refractivity contribution is 9.10. The summed E-state index contributed by atoms with van der Waals surface area (Å²) in [6.45, 7) is 4.15. The average molecular weight is 636 g/mol. The van der Waals surface area contributed by atoms with Crippen LogP contribution in [0.1, 0.15) is 57.9 Å². The van der Waals surface area contributed by atoms with Crippen LogP contribution in [0, 0.1) is 17.8 Å². The van der Waals surface area contributed by atoms with Gasteiger partial charge in [-0.15, -0.1) is 0 Å². The first-order valence-electron chi connectivity index (χ1n) is 14.7. The van der Waals surface area contributed by atoms with Crippen LogP contribution in [0.5, 0.6) is 5.75 Å². The number of amides is 2. The van der Waals surface area contributed by atoms with Crippen molar-refractivity contribution in [3.63, 3.8) is 0 Å². The number of fused-ring (bicyclic) bond motifs is 3. The van der Waals surface area contributed by atoms with Gasteiger partial charge in [0.2, 0.25) is 11.8 Å². The maximum Gasteiger partial charge on any atom is 0.488 e. The average Bonchev–Trinajstić information content (AvgIpc) is 3.21. The number of phenolic OH excluding ortho intramolecular Hbond substituents is 1. The number of nitrogens with zero attached hydrogens (tertiary/aromatic N) is 1. The van der Waals surface area contributed by atoms with Crippen LogP contribution in [-0.4, -0.2) is 52.3 Å². The molecule has 0 unspecified atom stereocenters. The Balaban J connectivity index is 1.45. The maximum atomic E-state index is 13.9. The first kappa shape index (κ1) is 30.8. The Morgan fingerprint density at radius 1 is 1.14 bits per heavy atom. The van der Waals surface area contributed by atoms with E-state index in [9.17, 15) is 29.8 Å². The van der Waals surface area contributed by atoms with Gasteiger partial charge in [0.15, 0.2) is 0 Å². The second-order valence-electron chi connectivity index (χ2n) is 11.4. The highest BCUT2D eigenvalue weighted by atomic mass is 79.9. The van der Waals surface area contributed by atoms with Crippen molar-refractivity contribution in [1.29, 1.82) is 0 Å². The van der Waals surface area contributed by atoms with Gasteiger partial charge in [-0.3, -0.25) is 14.5 Å². The minimum absolute atomic E-state index is 0.200. The number of allylic oxidation sites excluding steroid dienone is 2. The Hall–Kier alpha value is -2.69. The number of benzene rings is 2. The first-order valence-corrected chi connectivity index (χ1v) is 15.5. The molecule has 4 atom stereocenters. The molecule has 2 heterocycles. The van der Waals surface area contributed by atoms with Gasteiger partial charge in [0.05, 0.1) is 23.6 Å². The molecule has 3 aliphatic rings. The lowest BCUT2D eigenvalue weighted by molar-refractivity contribution is -0.122. The summed E-state index contributed by atoms with van der Waals surface area (Å²) in [5, 5.41) is 40.5. The molecule has 1 aliphatic carbocycles. The van der Waals surface area contributed by atoms with Crippen molar-refractivity contribution in [2.75, 3.05) is 4.90 Å². The molecule has 42 heavy (non-hydrogen) atoms. The van der Waals surface area contributed by atoms with E-state index in [1.807, 2.05) is 12.1 Å². The zero-order valence-corrected chi connectivity index (χ0v) is 25.5. The number of halogens is 1. The van der Waals surface area contributed by atoms with Crippen molar-refractivity contribution in [2.24, 2.45) is 17.8 Å². The fourth-order valence-corrected chi connectivity index (χ4v) is 7.29. The predicted molar refractivity (Wildman–Crippen MR) is 167 cm³/mol. The van der Waals surface area contributed by atoms with Crippen LogP contribution in [0.15, 0.2) is 63.7 Å². The molecular formula is C31H36B2BrNO7. The second kappa shape index (κ2) is 12.9. The van der Waals surface area contributed by atoms with Gasteiger partial charge in [0.1, 0.15) is 5.75 Å². The Morgan fingerprint density at radius 3 is 2.64 bits per heavy atom. The van der Waals surface area contributed by atoms with Crippen LogP contribution >= 0.6 is 15.9 Å². The van der Waals surface area contributed by atoms with Crippen LogP contribution in [0.3, 0.4) is 0 Å². The van der Waals surface area contributed by atoms with Gasteiger partial charge in [-0.25, -0.2) is 0 Å². The lowest BCUT2D eigenvalue weighted by Crippen LogP contribution is -2.46. The van der Waals surface area contributed by atoms with Gasteiger partial charge in [-0.2, -0.15) is 0 Å². The van der Waals surface area contributed by atoms with Crippen molar-refractivity contribution >= 4 is 59.2 Å². The molecule has 2 aromatic rings. The molecule has 0 aromatic heterocycles. The standard InChI is InChI=1S/C31H36B2BrNO7/c1-3-6-19-15-24-29(31(38)35(30(24)37)23-8-5-7-21(16-23)33(40)41)25-17-32(39)42-27(28(19)25)12-9-18(4-2)13-20-14-22(34)10-11-26(20)36/h5,7-8,10-11,13-14,16,24-25,27,29,36,39-41H,3-4,6,9,12,15,17H2,1-2H3/b18-13+/t24-,25+,27-,29-/m1/s1. The highest BCUT2D eigenvalue weighted by Gasteiger charge is 2.57. The molecule has 0 saturated carbocycles. The first-order chi connectivity index (χ1) is 20.1. The molecule has 2 aliphatic heterocycles. The third kappa shape index (κ3) is 6.03. The van der Waals surface area contributed by atoms with Gasteiger partial charge < -0.3 is 24.8 Å². The SMILES string of the molecule is CCCC1=C2[C@@H](CC/C(=C/c3cc(Br)ccc3O)CC)OB(O)C[C@@H]2[C@@H]2C(=O)N(c3cccc(B(O)O)c3)C(=O)[C@@H]2C1. The number of aromatic hydroxyl groups is 1. The van der Waals surface area contributed by atoms with Gasteiger partial charge in [-0.05, 0) is 85.7 Å². The Labute approximate surface area is 255 Å². The molecule has 11 heteroatoms. The van der Waals surface area contributed by atoms with Crippen molar-refractivity contribution in [3.05, 3.63) is 69.2 Å². The van der Waals surface area contributed by atoms with E-state index < -0.39 is 32.2 Å². The highest BCUT2D eigenvalue weighted by Crippen LogP contribution is 2.52. The molecule has 0 spiro atoms. The van der Waals surface area contributed by atoms with Crippen molar-refractivity contribution in [3.8, 4) is 5.75 Å². The van der Waals surface area contributed by atoms with E-state index in [2.05, 4.69) is 29.8 Å². The van der Waals surface area contributed by atoms with Gasteiger partial charge >= 0.3 is 14.2 Å². The topological polar surface area (TPSA) is 128 Å². The number of rotatable bonds is 9. The lowest BCUT2D eigenvalue weighted by atomic mass is 9.58. The number of carbonyl (C=O) groups is 2. The Morgan fingerprint density at radius 2 is 1.93 bits per heavy atom. The monoisotopic (exact) mass is 635 g/mol. The molecule has 2 saturated heterocycles. The summed E-state index contributed by atoms with van der Waals surface area (Å²) in [7, 11) is -2.77. The third-order valence-corrected chi connectivity index (χ3v) is 9.31. The molecule has 2 aromatic carbocycles. The largest absolute Gasteiger partial charge is 0.507 e. The summed E-state index contributed by atoms with van der Waals surface area (Å²) in [4.78, 5) is 28.9. The summed E-state index contributed by atoms with van der Waals surface area (Å²) >= 11 is 3.46. The molecule has 2 fully saturated rings. The summed E-state index contributed by atoms with van der Waals surface area (Å²) in [5.41, 5.74) is 4.55. The van der Waals surface area contributed by atoms with E-state index in [0.29, 0.717) is 24.9 Å². The number of phenols is 1. The Kier molecular flexibility index (Phi) is 9.44. The Bertz CT molecular complexity index is 1430. The molecule has 220 valence electrons. The minimum atomic E-state index is -1.72. The fourth-order valence-electron chi connectivity index (χ4n) is 6.91. The van der Waals surface area contributed by atoms with Gasteiger partial charge in [0, 0.05) is 10.0 Å². The fraction of sp³-hybridized carbons (Fsp3) is 0.419. The van der Waals surface area contributed by atoms with Crippen LogP contribution in [0.2, 0.25) is 6.32 Å². The molecule has 0 radical (unpaired) electrons. The number of hydrogen-bond donors (Lipinski definition) is 4. The van der Waals surface area contributed by atoms with Crippen LogP contribution in [-0.2, 0) is 14.2 Å². The van der Waals surface area contributed by atoms with E-state index >= 15 is 0 Å². The summed E-state index contributed by atoms with van der Waals surface area (Å²) in [6, 6.07) is 11.5. The summed E-state index contributed by atoms with van der Waals surface area (Å²) < 4.78 is 7.01. The minimum Gasteiger partial charge on any atom is -0.507 e. The predicted octanol–water partition coefficient (Wildman–Crippen LogP) is 4.21. The number of carbonyl (C=O) groups excluding carboxylic acids is 2. The van der Waals surface area contributed by atoms with E-state index in [1.54, 1.807) is 24.3 Å². The second-order valence-corrected chi connectivity index (χ2v) is 12.4. The van der Waals surface area contributed by atoms with Crippen molar-refractivity contribution < 1.29 is 34.4 Å². The van der Waals surface area contributed by atoms with Crippen LogP contribution in [0.4, 0.5) is 5.69 Å². The van der Waals surface area contributed by atoms with E-state index in [0.717, 1.165) is 46.0 Å². The molecule has 0 bridgehead atoms. The van der Waals surface area contributed by atoms with E-state index in [4.69, 9.17) is 4.65 Å². The molecule has 2 amide bonds. The van der Waals surface area contributed by atoms with Gasteiger partial charge in [0.25, 0.3) is 0 Å². The molecule has 8 nitrogen and oxygen atoms in total. The lowest BCUT2D eigenvalue weighted by Gasteiger charge is -2.43. The molecule has 5 rings (SSSR count). The van der Waals surface area contributed by atoms with E-state index in [-0.39, 0.29) is 35.3 Å². The van der Waals surface area contributed by atoms with E-state index in [1.165, 1.54) is 17.0 Å². The zero-order valence-electron chi connectivity index (χ0n) is 23.9. The number of anilines is 1. The number of hydrogen-bond acceptors (Lipinski definition) is 7. The molecular weight excluding hydrogens is 600 g/mol. The number of imide groups is 1. The van der Waals surface area contributed by atoms with Crippen LogP contribution in [0.25, 0.3) is 6.08 Å². The van der Waals surface area contributed by atoms with Crippen molar-refractivity contribution in [2.45, 2.75) is 64.8 Å². The zero-order chi connectivity index (χ0) is 30.1. The third-order valence-electron chi connectivity index (χ3n) is 8.82. The normalized spacial score (nSPS) is 24.3. The smallest absolute Gasteiger partial charge is 0.488 e. The quantitative estimate of drug-likeness (QED) is 0.185. The molecule has 4 N–H and O–H groups in total. The summed E-state index contributed by atoms with van der Waals surface area (Å²) in [5.74, 6) is -1.88. The van der Waals surface area contributed by atoms with Crippen LogP contribution < -0.4 is 10.4 Å².